The van der Waals surface area contributed by atoms with Crippen molar-refractivity contribution in [2.75, 3.05) is 14.2 Å². The van der Waals surface area contributed by atoms with Crippen LogP contribution in [0.15, 0.2) is 11.1 Å². The fraction of sp³-hybridized carbons (Fsp3) is 0.462. The molecule has 0 amide bonds. The van der Waals surface area contributed by atoms with E-state index < -0.39 is 5.54 Å². The summed E-state index contributed by atoms with van der Waals surface area (Å²) >= 11 is 6.18. The molecule has 0 heterocycles. The van der Waals surface area contributed by atoms with Gasteiger partial charge in [-0.25, -0.2) is 4.79 Å². The van der Waals surface area contributed by atoms with Gasteiger partial charge in [0.1, 0.15) is 5.54 Å². The number of carbonyl (C=O) groups excluding carboxylic acids is 1. The van der Waals surface area contributed by atoms with Gasteiger partial charge in [0.15, 0.2) is 11.5 Å². The Bertz CT molecular complexity index is 532. The first-order chi connectivity index (χ1) is 8.59. The molecule has 0 bridgehead atoms. The standard InChI is InChI=1S/C13H14ClNO3/c1-8-9(14)6-10(17-2)12(18-3)11(8)13(4-5-13)15-7-16/h6H,4-5H2,1-3H3. The molecule has 1 saturated carbocycles. The highest BCUT2D eigenvalue weighted by Gasteiger charge is 2.49. The Morgan fingerprint density at radius 1 is 1.39 bits per heavy atom. The van der Waals surface area contributed by atoms with Crippen LogP contribution < -0.4 is 9.47 Å². The number of nitrogens with zero attached hydrogens (tertiary/aromatic N) is 1. The summed E-state index contributed by atoms with van der Waals surface area (Å²) in [5.41, 5.74) is 1.17. The van der Waals surface area contributed by atoms with E-state index in [1.165, 1.54) is 0 Å². The summed E-state index contributed by atoms with van der Waals surface area (Å²) in [6.07, 6.45) is 3.23. The van der Waals surface area contributed by atoms with Gasteiger partial charge in [-0.3, -0.25) is 0 Å². The molecular formula is C13H14ClNO3. The molecule has 0 atom stereocenters. The van der Waals surface area contributed by atoms with Gasteiger partial charge in [-0.05, 0) is 25.3 Å². The molecule has 1 fully saturated rings. The summed E-state index contributed by atoms with van der Waals surface area (Å²) in [5.74, 6) is 1.14. The van der Waals surface area contributed by atoms with E-state index >= 15 is 0 Å². The lowest BCUT2D eigenvalue weighted by Crippen LogP contribution is -2.09. The first kappa shape index (κ1) is 12.9. The molecule has 0 aliphatic heterocycles. The highest BCUT2D eigenvalue weighted by atomic mass is 35.5. The molecule has 96 valence electrons. The Balaban J connectivity index is 2.71. The van der Waals surface area contributed by atoms with Crippen molar-refractivity contribution in [3.8, 4) is 11.5 Å². The van der Waals surface area contributed by atoms with Crippen molar-refractivity contribution < 1.29 is 14.3 Å². The maximum absolute atomic E-state index is 10.6. The van der Waals surface area contributed by atoms with Crippen molar-refractivity contribution in [3.05, 3.63) is 22.2 Å². The van der Waals surface area contributed by atoms with E-state index in [1.54, 1.807) is 26.4 Å². The summed E-state index contributed by atoms with van der Waals surface area (Å²) in [6.45, 7) is 1.89. The van der Waals surface area contributed by atoms with E-state index in [1.807, 2.05) is 6.92 Å². The summed E-state index contributed by atoms with van der Waals surface area (Å²) in [4.78, 5) is 14.5. The quantitative estimate of drug-likeness (QED) is 0.622. The van der Waals surface area contributed by atoms with Crippen molar-refractivity contribution in [3.63, 3.8) is 0 Å². The van der Waals surface area contributed by atoms with Crippen LogP contribution in [-0.2, 0) is 10.3 Å². The number of benzene rings is 1. The normalized spacial score (nSPS) is 15.8. The van der Waals surface area contributed by atoms with Crippen molar-refractivity contribution in [1.82, 2.24) is 0 Å². The second-order valence-corrected chi connectivity index (χ2v) is 4.74. The molecule has 0 saturated heterocycles. The van der Waals surface area contributed by atoms with E-state index in [-0.39, 0.29) is 0 Å². The van der Waals surface area contributed by atoms with Gasteiger partial charge in [0.2, 0.25) is 6.08 Å². The van der Waals surface area contributed by atoms with Crippen molar-refractivity contribution in [2.24, 2.45) is 4.99 Å². The zero-order chi connectivity index (χ0) is 13.3. The summed E-state index contributed by atoms with van der Waals surface area (Å²) in [5, 5.41) is 0.579. The molecule has 2 rings (SSSR count). The Morgan fingerprint density at radius 3 is 2.50 bits per heavy atom. The predicted molar refractivity (Wildman–Crippen MR) is 68.3 cm³/mol. The molecule has 0 spiro atoms. The zero-order valence-corrected chi connectivity index (χ0v) is 11.3. The van der Waals surface area contributed by atoms with Gasteiger partial charge >= 0.3 is 0 Å². The van der Waals surface area contributed by atoms with Gasteiger partial charge in [-0.2, -0.15) is 4.99 Å². The average Bonchev–Trinajstić information content (AvgIpc) is 3.12. The Labute approximate surface area is 111 Å². The molecule has 0 N–H and O–H groups in total. The van der Waals surface area contributed by atoms with Gasteiger partial charge in [0.05, 0.1) is 14.2 Å². The molecule has 1 aliphatic rings. The molecule has 0 unspecified atom stereocenters. The number of methoxy groups -OCH3 is 2. The number of ether oxygens (including phenoxy) is 2. The van der Waals surface area contributed by atoms with E-state index in [9.17, 15) is 4.79 Å². The highest BCUT2D eigenvalue weighted by Crippen LogP contribution is 2.56. The predicted octanol–water partition coefficient (Wildman–Crippen LogP) is 2.99. The van der Waals surface area contributed by atoms with Gasteiger partial charge in [0.25, 0.3) is 0 Å². The third-order valence-corrected chi connectivity index (χ3v) is 3.71. The lowest BCUT2D eigenvalue weighted by molar-refractivity contribution is 0.348. The molecular weight excluding hydrogens is 254 g/mol. The van der Waals surface area contributed by atoms with Crippen molar-refractivity contribution in [2.45, 2.75) is 25.3 Å². The van der Waals surface area contributed by atoms with E-state index in [2.05, 4.69) is 4.99 Å². The van der Waals surface area contributed by atoms with Crippen LogP contribution in [0.1, 0.15) is 24.0 Å². The molecule has 0 radical (unpaired) electrons. The van der Waals surface area contributed by atoms with E-state index in [0.29, 0.717) is 16.5 Å². The van der Waals surface area contributed by atoms with Crippen molar-refractivity contribution in [1.29, 1.82) is 0 Å². The monoisotopic (exact) mass is 267 g/mol. The molecule has 1 aliphatic carbocycles. The minimum absolute atomic E-state index is 0.532. The highest BCUT2D eigenvalue weighted by molar-refractivity contribution is 6.31. The Kier molecular flexibility index (Phi) is 3.33. The van der Waals surface area contributed by atoms with Crippen LogP contribution in [0, 0.1) is 6.92 Å². The molecule has 1 aromatic carbocycles. The fourth-order valence-corrected chi connectivity index (χ4v) is 2.43. The van der Waals surface area contributed by atoms with Crippen LogP contribution >= 0.6 is 11.6 Å². The largest absolute Gasteiger partial charge is 0.493 e. The first-order valence-electron chi connectivity index (χ1n) is 5.60. The van der Waals surface area contributed by atoms with Gasteiger partial charge in [-0.15, -0.1) is 0 Å². The second kappa shape index (κ2) is 4.63. The van der Waals surface area contributed by atoms with Gasteiger partial charge in [-0.1, -0.05) is 11.6 Å². The minimum atomic E-state index is -0.532. The molecule has 0 aromatic heterocycles. The van der Waals surface area contributed by atoms with Crippen LogP contribution in [0.3, 0.4) is 0 Å². The summed E-state index contributed by atoms with van der Waals surface area (Å²) in [6, 6.07) is 1.71. The molecule has 1 aromatic rings. The van der Waals surface area contributed by atoms with Crippen LogP contribution in [0.5, 0.6) is 11.5 Å². The maximum Gasteiger partial charge on any atom is 0.235 e. The third kappa shape index (κ3) is 1.88. The van der Waals surface area contributed by atoms with Crippen LogP contribution in [0.4, 0.5) is 0 Å². The topological polar surface area (TPSA) is 47.9 Å². The number of isocyanates is 1. The number of rotatable bonds is 4. The zero-order valence-electron chi connectivity index (χ0n) is 10.5. The van der Waals surface area contributed by atoms with Gasteiger partial charge < -0.3 is 9.47 Å². The lowest BCUT2D eigenvalue weighted by Gasteiger charge is -2.20. The average molecular weight is 268 g/mol. The number of hydrogen-bond acceptors (Lipinski definition) is 4. The van der Waals surface area contributed by atoms with Crippen LogP contribution in [0.25, 0.3) is 0 Å². The SMILES string of the molecule is COc1cc(Cl)c(C)c(C2(N=C=O)CC2)c1OC. The Morgan fingerprint density at radius 2 is 2.06 bits per heavy atom. The second-order valence-electron chi connectivity index (χ2n) is 4.33. The van der Waals surface area contributed by atoms with Crippen LogP contribution in [0.2, 0.25) is 5.02 Å². The number of hydrogen-bond donors (Lipinski definition) is 0. The first-order valence-corrected chi connectivity index (χ1v) is 5.98. The summed E-state index contributed by atoms with van der Waals surface area (Å²) in [7, 11) is 3.12. The summed E-state index contributed by atoms with van der Waals surface area (Å²) < 4.78 is 10.7. The molecule has 4 nitrogen and oxygen atoms in total. The van der Waals surface area contributed by atoms with Crippen molar-refractivity contribution >= 4 is 17.7 Å². The van der Waals surface area contributed by atoms with Crippen LogP contribution in [-0.4, -0.2) is 20.3 Å². The Hall–Kier alpha value is -1.51. The molecule has 18 heavy (non-hydrogen) atoms. The minimum Gasteiger partial charge on any atom is -0.493 e. The smallest absolute Gasteiger partial charge is 0.235 e. The fourth-order valence-electron chi connectivity index (χ4n) is 2.24. The van der Waals surface area contributed by atoms with E-state index in [4.69, 9.17) is 21.1 Å². The molecule has 5 heteroatoms. The number of halogens is 1. The number of aliphatic imine (C=N–C) groups is 1. The lowest BCUT2D eigenvalue weighted by atomic mass is 9.97. The third-order valence-electron chi connectivity index (χ3n) is 3.31. The maximum atomic E-state index is 10.6. The van der Waals surface area contributed by atoms with Gasteiger partial charge in [0, 0.05) is 16.7 Å². The van der Waals surface area contributed by atoms with E-state index in [0.717, 1.165) is 24.0 Å².